The second-order valence-electron chi connectivity index (χ2n) is 6.29. The van der Waals surface area contributed by atoms with Crippen LogP contribution in [-0.2, 0) is 11.2 Å². The van der Waals surface area contributed by atoms with Crippen LogP contribution in [0.5, 0.6) is 5.75 Å². The molecule has 3 aromatic rings. The molecule has 1 amide bonds. The van der Waals surface area contributed by atoms with Crippen LogP contribution in [0.2, 0.25) is 0 Å². The molecule has 0 atom stereocenters. The predicted molar refractivity (Wildman–Crippen MR) is 114 cm³/mol. The number of ether oxygens (including phenoxy) is 1. The molecule has 6 heteroatoms. The number of aryl methyl sites for hydroxylation is 2. The van der Waals surface area contributed by atoms with Gasteiger partial charge in [-0.15, -0.1) is 6.42 Å². The summed E-state index contributed by atoms with van der Waals surface area (Å²) in [5.41, 5.74) is 3.34. The number of rotatable bonds is 7. The van der Waals surface area contributed by atoms with Crippen LogP contribution in [0, 0.1) is 19.3 Å². The van der Waals surface area contributed by atoms with E-state index in [-0.39, 0.29) is 12.5 Å². The van der Waals surface area contributed by atoms with Gasteiger partial charge in [-0.2, -0.15) is 5.10 Å². The van der Waals surface area contributed by atoms with Crippen LogP contribution >= 0.6 is 0 Å². The molecule has 0 fully saturated rings. The number of carbonyl (C=O) groups is 1. The fourth-order valence-electron chi connectivity index (χ4n) is 2.83. The summed E-state index contributed by atoms with van der Waals surface area (Å²) in [4.78, 5) is 16.6. The van der Waals surface area contributed by atoms with E-state index < -0.39 is 0 Å². The molecule has 0 bridgehead atoms. The normalized spacial score (nSPS) is 10.7. The third-order valence-electron chi connectivity index (χ3n) is 4.22. The fourth-order valence-corrected chi connectivity index (χ4v) is 2.83. The molecule has 6 nitrogen and oxygen atoms in total. The van der Waals surface area contributed by atoms with Crippen LogP contribution in [0.15, 0.2) is 54.9 Å². The number of para-hydroxylation sites is 2. The highest BCUT2D eigenvalue weighted by molar-refractivity contribution is 6.03. The Morgan fingerprint density at radius 3 is 2.86 bits per heavy atom. The Morgan fingerprint density at radius 1 is 1.31 bits per heavy atom. The van der Waals surface area contributed by atoms with Crippen molar-refractivity contribution in [2.45, 2.75) is 20.3 Å². The summed E-state index contributed by atoms with van der Waals surface area (Å²) >= 11 is 0. The van der Waals surface area contributed by atoms with Crippen molar-refractivity contribution in [1.82, 2.24) is 14.8 Å². The van der Waals surface area contributed by atoms with Crippen molar-refractivity contribution in [3.8, 4) is 23.8 Å². The lowest BCUT2D eigenvalue weighted by Gasteiger charge is -2.10. The standard InChI is InChI=1S/C23H22N4O2/c1-4-14-29-22-12-10-18(15-19(22)5-2)11-13-23(28)25-20-8-6-7-9-21(20)27-16-24-17(3)26-27/h1,6-13,15-16H,5,14H2,2-3H3,(H,25,28)/b13-11+. The molecule has 1 N–H and O–H groups in total. The van der Waals surface area contributed by atoms with Gasteiger partial charge in [0.25, 0.3) is 0 Å². The zero-order valence-corrected chi connectivity index (χ0v) is 16.4. The third-order valence-corrected chi connectivity index (χ3v) is 4.22. The summed E-state index contributed by atoms with van der Waals surface area (Å²) in [7, 11) is 0. The minimum atomic E-state index is -0.236. The molecule has 146 valence electrons. The molecule has 0 unspecified atom stereocenters. The second kappa shape index (κ2) is 9.38. The number of terminal acetylenes is 1. The zero-order valence-electron chi connectivity index (χ0n) is 16.4. The maximum absolute atomic E-state index is 12.4. The predicted octanol–water partition coefficient (Wildman–Crippen LogP) is 3.80. The monoisotopic (exact) mass is 386 g/mol. The Kier molecular flexibility index (Phi) is 6.43. The maximum Gasteiger partial charge on any atom is 0.248 e. The summed E-state index contributed by atoms with van der Waals surface area (Å²) in [6.07, 6.45) is 10.9. The molecule has 2 aromatic carbocycles. The van der Waals surface area contributed by atoms with E-state index in [4.69, 9.17) is 11.2 Å². The molecule has 0 spiro atoms. The highest BCUT2D eigenvalue weighted by Crippen LogP contribution is 2.22. The number of nitrogens with one attached hydrogen (secondary N) is 1. The first-order chi connectivity index (χ1) is 14.1. The van der Waals surface area contributed by atoms with Gasteiger partial charge in [0.05, 0.1) is 11.4 Å². The average Bonchev–Trinajstić information content (AvgIpc) is 3.17. The molecule has 0 aliphatic carbocycles. The van der Waals surface area contributed by atoms with Crippen LogP contribution in [0.25, 0.3) is 11.8 Å². The average molecular weight is 386 g/mol. The zero-order chi connectivity index (χ0) is 20.6. The molecule has 0 radical (unpaired) electrons. The lowest BCUT2D eigenvalue weighted by atomic mass is 10.1. The van der Waals surface area contributed by atoms with Gasteiger partial charge in [0.2, 0.25) is 5.91 Å². The fraction of sp³-hybridized carbons (Fsp3) is 0.174. The van der Waals surface area contributed by atoms with Gasteiger partial charge in [0, 0.05) is 6.08 Å². The van der Waals surface area contributed by atoms with Crippen LogP contribution in [0.3, 0.4) is 0 Å². The minimum Gasteiger partial charge on any atom is -0.481 e. The van der Waals surface area contributed by atoms with E-state index in [0.717, 1.165) is 29.0 Å². The first-order valence-electron chi connectivity index (χ1n) is 9.26. The number of nitrogens with zero attached hydrogens (tertiary/aromatic N) is 3. The van der Waals surface area contributed by atoms with Gasteiger partial charge in [-0.3, -0.25) is 4.79 Å². The number of benzene rings is 2. The Balaban J connectivity index is 1.73. The van der Waals surface area contributed by atoms with Gasteiger partial charge in [0.15, 0.2) is 0 Å². The Bertz CT molecular complexity index is 1080. The molecule has 1 aromatic heterocycles. The summed E-state index contributed by atoms with van der Waals surface area (Å²) in [6.45, 7) is 4.09. The van der Waals surface area contributed by atoms with Gasteiger partial charge in [-0.1, -0.05) is 31.0 Å². The van der Waals surface area contributed by atoms with Crippen molar-refractivity contribution >= 4 is 17.7 Å². The van der Waals surface area contributed by atoms with Crippen molar-refractivity contribution in [3.63, 3.8) is 0 Å². The third kappa shape index (κ3) is 5.11. The van der Waals surface area contributed by atoms with E-state index >= 15 is 0 Å². The molecule has 0 aliphatic rings. The van der Waals surface area contributed by atoms with Crippen LogP contribution in [-0.4, -0.2) is 27.3 Å². The van der Waals surface area contributed by atoms with E-state index in [1.165, 1.54) is 6.08 Å². The number of hydrogen-bond donors (Lipinski definition) is 1. The van der Waals surface area contributed by atoms with E-state index in [1.807, 2.05) is 56.3 Å². The van der Waals surface area contributed by atoms with E-state index in [2.05, 4.69) is 21.3 Å². The minimum absolute atomic E-state index is 0.231. The molecular weight excluding hydrogens is 364 g/mol. The largest absolute Gasteiger partial charge is 0.481 e. The molecule has 0 saturated heterocycles. The van der Waals surface area contributed by atoms with Crippen molar-refractivity contribution in [1.29, 1.82) is 0 Å². The lowest BCUT2D eigenvalue weighted by Crippen LogP contribution is -2.11. The Hall–Kier alpha value is -3.85. The lowest BCUT2D eigenvalue weighted by molar-refractivity contribution is -0.111. The van der Waals surface area contributed by atoms with Gasteiger partial charge in [-0.05, 0) is 54.8 Å². The van der Waals surface area contributed by atoms with Crippen molar-refractivity contribution < 1.29 is 9.53 Å². The smallest absolute Gasteiger partial charge is 0.248 e. The number of amides is 1. The SMILES string of the molecule is C#CCOc1ccc(/C=C/C(=O)Nc2ccccc2-n2cnc(C)n2)cc1CC. The summed E-state index contributed by atoms with van der Waals surface area (Å²) in [5.74, 6) is 3.66. The highest BCUT2D eigenvalue weighted by atomic mass is 16.5. The molecule has 3 rings (SSSR count). The highest BCUT2D eigenvalue weighted by Gasteiger charge is 2.08. The molecule has 1 heterocycles. The second-order valence-corrected chi connectivity index (χ2v) is 6.29. The van der Waals surface area contributed by atoms with Crippen LogP contribution in [0.1, 0.15) is 23.9 Å². The van der Waals surface area contributed by atoms with Crippen LogP contribution < -0.4 is 10.1 Å². The molecule has 29 heavy (non-hydrogen) atoms. The Labute approximate surface area is 170 Å². The molecular formula is C23H22N4O2. The van der Waals surface area contributed by atoms with Crippen molar-refractivity contribution in [2.75, 3.05) is 11.9 Å². The molecule has 0 aliphatic heterocycles. The summed E-state index contributed by atoms with van der Waals surface area (Å²) in [5, 5.41) is 7.20. The summed E-state index contributed by atoms with van der Waals surface area (Å²) < 4.78 is 7.18. The topological polar surface area (TPSA) is 69.0 Å². The quantitative estimate of drug-likeness (QED) is 0.495. The molecule has 0 saturated carbocycles. The number of aromatic nitrogens is 3. The summed E-state index contributed by atoms with van der Waals surface area (Å²) in [6, 6.07) is 13.2. The van der Waals surface area contributed by atoms with Gasteiger partial charge in [0.1, 0.15) is 24.5 Å². The van der Waals surface area contributed by atoms with Gasteiger partial charge < -0.3 is 10.1 Å². The van der Waals surface area contributed by atoms with Gasteiger partial charge in [-0.25, -0.2) is 9.67 Å². The first kappa shape index (κ1) is 19.9. The van der Waals surface area contributed by atoms with Crippen molar-refractivity contribution in [2.24, 2.45) is 0 Å². The maximum atomic E-state index is 12.4. The first-order valence-corrected chi connectivity index (χ1v) is 9.26. The van der Waals surface area contributed by atoms with Crippen molar-refractivity contribution in [3.05, 3.63) is 71.8 Å². The Morgan fingerprint density at radius 2 is 2.14 bits per heavy atom. The number of anilines is 1. The van der Waals surface area contributed by atoms with Crippen LogP contribution in [0.4, 0.5) is 5.69 Å². The van der Waals surface area contributed by atoms with E-state index in [0.29, 0.717) is 11.5 Å². The van der Waals surface area contributed by atoms with Gasteiger partial charge >= 0.3 is 0 Å². The number of carbonyl (C=O) groups excluding carboxylic acids is 1. The number of hydrogen-bond acceptors (Lipinski definition) is 4. The van der Waals surface area contributed by atoms with E-state index in [9.17, 15) is 4.79 Å². The van der Waals surface area contributed by atoms with E-state index in [1.54, 1.807) is 17.1 Å².